The number of likely N-dealkylation sites (tertiary alicyclic amines) is 2. The van der Waals surface area contributed by atoms with Crippen molar-refractivity contribution >= 4 is 18.1 Å². The van der Waals surface area contributed by atoms with Crippen molar-refractivity contribution in [1.29, 1.82) is 0 Å². The predicted molar refractivity (Wildman–Crippen MR) is 136 cm³/mol. The molecule has 2 aliphatic heterocycles. The molecule has 2 aromatic rings. The van der Waals surface area contributed by atoms with Crippen LogP contribution in [0.5, 0.6) is 0 Å². The third-order valence-corrected chi connectivity index (χ3v) is 6.50. The van der Waals surface area contributed by atoms with Gasteiger partial charge in [0.25, 0.3) is 0 Å². The quantitative estimate of drug-likeness (QED) is 0.588. The number of ether oxygens (including phenoxy) is 3. The summed E-state index contributed by atoms with van der Waals surface area (Å²) in [5, 5.41) is 2.51. The van der Waals surface area contributed by atoms with Gasteiger partial charge in [-0.3, -0.25) is 4.79 Å². The molecule has 2 fully saturated rings. The summed E-state index contributed by atoms with van der Waals surface area (Å²) in [5.41, 5.74) is 0.963. The first kappa shape index (κ1) is 27.4. The van der Waals surface area contributed by atoms with Gasteiger partial charge in [0.2, 0.25) is 5.91 Å². The Bertz CT molecular complexity index is 1120. The van der Waals surface area contributed by atoms with E-state index in [1.807, 2.05) is 30.3 Å². The minimum Gasteiger partial charge on any atom is -0.445 e. The van der Waals surface area contributed by atoms with E-state index < -0.39 is 29.9 Å². The summed E-state index contributed by atoms with van der Waals surface area (Å²) in [5.74, 6) is -0.634. The highest BCUT2D eigenvalue weighted by Crippen LogP contribution is 2.34. The molecule has 1 N–H and O–H groups in total. The van der Waals surface area contributed by atoms with Crippen LogP contribution in [-0.4, -0.2) is 71.3 Å². The molecule has 3 unspecified atom stereocenters. The van der Waals surface area contributed by atoms with Crippen LogP contribution in [0.25, 0.3) is 0 Å². The molecular formula is C28H34FN3O6. The van der Waals surface area contributed by atoms with Crippen molar-refractivity contribution < 1.29 is 33.0 Å². The summed E-state index contributed by atoms with van der Waals surface area (Å²) in [6.07, 6.45) is -1.08. The van der Waals surface area contributed by atoms with Gasteiger partial charge in [-0.2, -0.15) is 0 Å². The molecule has 2 heterocycles. The van der Waals surface area contributed by atoms with E-state index in [2.05, 4.69) is 5.32 Å². The molecule has 0 saturated carbocycles. The van der Waals surface area contributed by atoms with Gasteiger partial charge < -0.3 is 29.3 Å². The van der Waals surface area contributed by atoms with Gasteiger partial charge in [-0.1, -0.05) is 42.5 Å². The number of fused-ring (bicyclic) bond motifs is 1. The third-order valence-electron chi connectivity index (χ3n) is 6.50. The van der Waals surface area contributed by atoms with Gasteiger partial charge in [-0.15, -0.1) is 0 Å². The topological polar surface area (TPSA) is 97.4 Å². The summed E-state index contributed by atoms with van der Waals surface area (Å²) >= 11 is 0. The van der Waals surface area contributed by atoms with Crippen LogP contribution >= 0.6 is 0 Å². The zero-order valence-corrected chi connectivity index (χ0v) is 21.9. The Morgan fingerprint density at radius 2 is 1.66 bits per heavy atom. The predicted octanol–water partition coefficient (Wildman–Crippen LogP) is 3.86. The Balaban J connectivity index is 1.43. The van der Waals surface area contributed by atoms with E-state index in [1.165, 1.54) is 12.1 Å². The first-order valence-corrected chi connectivity index (χ1v) is 12.7. The van der Waals surface area contributed by atoms with Crippen molar-refractivity contribution in [3.63, 3.8) is 0 Å². The van der Waals surface area contributed by atoms with Gasteiger partial charge in [0.1, 0.15) is 24.6 Å². The normalized spacial score (nSPS) is 20.7. The Morgan fingerprint density at radius 1 is 0.974 bits per heavy atom. The number of alkyl carbamates (subject to hydrolysis) is 1. The Morgan fingerprint density at radius 3 is 2.34 bits per heavy atom. The van der Waals surface area contributed by atoms with Crippen LogP contribution in [0.4, 0.5) is 14.0 Å². The molecule has 38 heavy (non-hydrogen) atoms. The maximum atomic E-state index is 13.3. The lowest BCUT2D eigenvalue weighted by Gasteiger charge is -2.28. The maximum absolute atomic E-state index is 13.3. The molecule has 204 valence electrons. The lowest BCUT2D eigenvalue weighted by Crippen LogP contribution is -2.47. The summed E-state index contributed by atoms with van der Waals surface area (Å²) < 4.78 is 30.3. The van der Waals surface area contributed by atoms with Crippen molar-refractivity contribution in [3.05, 3.63) is 71.5 Å². The molecular weight excluding hydrogens is 493 g/mol. The molecule has 2 saturated heterocycles. The van der Waals surface area contributed by atoms with Gasteiger partial charge in [0.05, 0.1) is 24.8 Å². The van der Waals surface area contributed by atoms with Gasteiger partial charge >= 0.3 is 12.2 Å². The summed E-state index contributed by atoms with van der Waals surface area (Å²) in [6.45, 7) is 5.97. The number of nitrogens with one attached hydrogen (secondary N) is 1. The summed E-state index contributed by atoms with van der Waals surface area (Å²) in [6, 6.07) is 14.7. The van der Waals surface area contributed by atoms with E-state index in [0.29, 0.717) is 13.0 Å². The standard InChI is InChI=1S/C28H34FN3O6/c1-28(2,3)38-26(34)30-15-24(33)32-16-23(36-17-20-9-11-21(29)12-10-20)25-22(32)13-14-31(25)27(35)37-18-19-7-5-4-6-8-19/h4-12,22-23,25H,13-18H2,1-3H3,(H,30,34). The van der Waals surface area contributed by atoms with Crippen LogP contribution in [0, 0.1) is 5.82 Å². The number of amides is 3. The van der Waals surface area contributed by atoms with Gasteiger partial charge in [-0.05, 0) is 50.5 Å². The zero-order chi connectivity index (χ0) is 27.3. The number of benzene rings is 2. The van der Waals surface area contributed by atoms with E-state index in [-0.39, 0.29) is 44.1 Å². The molecule has 0 aliphatic carbocycles. The lowest BCUT2D eigenvalue weighted by atomic mass is 10.1. The number of hydrogen-bond donors (Lipinski definition) is 1. The van der Waals surface area contributed by atoms with E-state index in [4.69, 9.17) is 14.2 Å². The SMILES string of the molecule is CC(C)(C)OC(=O)NCC(=O)N1CC(OCc2ccc(F)cc2)C2C1CCN2C(=O)OCc1ccccc1. The van der Waals surface area contributed by atoms with Crippen molar-refractivity contribution in [1.82, 2.24) is 15.1 Å². The molecule has 4 rings (SSSR count). The minimum absolute atomic E-state index is 0.136. The number of carbonyl (C=O) groups excluding carboxylic acids is 3. The monoisotopic (exact) mass is 527 g/mol. The van der Waals surface area contributed by atoms with Crippen LogP contribution in [0.1, 0.15) is 38.3 Å². The first-order chi connectivity index (χ1) is 18.1. The second kappa shape index (κ2) is 11.8. The molecule has 0 radical (unpaired) electrons. The fourth-order valence-corrected chi connectivity index (χ4v) is 4.83. The first-order valence-electron chi connectivity index (χ1n) is 12.7. The number of halogens is 1. The maximum Gasteiger partial charge on any atom is 0.410 e. The number of carbonyl (C=O) groups is 3. The van der Waals surface area contributed by atoms with Crippen LogP contribution in [-0.2, 0) is 32.2 Å². The molecule has 2 aromatic carbocycles. The molecule has 3 atom stereocenters. The molecule has 9 nitrogen and oxygen atoms in total. The second-order valence-electron chi connectivity index (χ2n) is 10.5. The van der Waals surface area contributed by atoms with E-state index in [0.717, 1.165) is 11.1 Å². The largest absolute Gasteiger partial charge is 0.445 e. The number of nitrogens with zero attached hydrogens (tertiary/aromatic N) is 2. The van der Waals surface area contributed by atoms with Crippen LogP contribution in [0.3, 0.4) is 0 Å². The molecule has 2 aliphatic rings. The van der Waals surface area contributed by atoms with Crippen molar-refractivity contribution in [2.24, 2.45) is 0 Å². The van der Waals surface area contributed by atoms with Crippen molar-refractivity contribution in [2.75, 3.05) is 19.6 Å². The van der Waals surface area contributed by atoms with Crippen LogP contribution < -0.4 is 5.32 Å². The van der Waals surface area contributed by atoms with E-state index in [1.54, 1.807) is 42.7 Å². The second-order valence-corrected chi connectivity index (χ2v) is 10.5. The number of rotatable bonds is 7. The lowest BCUT2D eigenvalue weighted by molar-refractivity contribution is -0.131. The highest BCUT2D eigenvalue weighted by Gasteiger charge is 2.52. The Labute approximate surface area is 221 Å². The average Bonchev–Trinajstić information content (AvgIpc) is 3.46. The van der Waals surface area contributed by atoms with Gasteiger partial charge in [0.15, 0.2) is 0 Å². The molecule has 3 amide bonds. The highest BCUT2D eigenvalue weighted by molar-refractivity contribution is 5.83. The van der Waals surface area contributed by atoms with Gasteiger partial charge in [0, 0.05) is 13.1 Å². The van der Waals surface area contributed by atoms with E-state index in [9.17, 15) is 18.8 Å². The van der Waals surface area contributed by atoms with Crippen molar-refractivity contribution in [2.45, 2.75) is 64.2 Å². The summed E-state index contributed by atoms with van der Waals surface area (Å²) in [7, 11) is 0. The fourth-order valence-electron chi connectivity index (χ4n) is 4.83. The minimum atomic E-state index is -0.683. The molecule has 0 spiro atoms. The van der Waals surface area contributed by atoms with Crippen LogP contribution in [0.2, 0.25) is 0 Å². The highest BCUT2D eigenvalue weighted by atomic mass is 19.1. The number of hydrogen-bond acceptors (Lipinski definition) is 6. The molecule has 0 aromatic heterocycles. The van der Waals surface area contributed by atoms with Crippen molar-refractivity contribution in [3.8, 4) is 0 Å². The Hall–Kier alpha value is -3.66. The fraction of sp³-hybridized carbons (Fsp3) is 0.464. The zero-order valence-electron chi connectivity index (χ0n) is 21.9. The van der Waals surface area contributed by atoms with Crippen LogP contribution in [0.15, 0.2) is 54.6 Å². The summed E-state index contributed by atoms with van der Waals surface area (Å²) in [4.78, 5) is 41.5. The third kappa shape index (κ3) is 7.00. The Kier molecular flexibility index (Phi) is 8.51. The van der Waals surface area contributed by atoms with E-state index >= 15 is 0 Å². The molecule has 0 bridgehead atoms. The average molecular weight is 528 g/mol. The van der Waals surface area contributed by atoms with Gasteiger partial charge in [-0.25, -0.2) is 14.0 Å². The smallest absolute Gasteiger partial charge is 0.410 e. The molecule has 10 heteroatoms.